The molecule has 0 aliphatic rings. The fourth-order valence-corrected chi connectivity index (χ4v) is 2.50. The van der Waals surface area contributed by atoms with Crippen molar-refractivity contribution >= 4 is 5.91 Å². The molecule has 0 N–H and O–H groups in total. The summed E-state index contributed by atoms with van der Waals surface area (Å²) in [7, 11) is 3.64. The number of carbonyl (C=O) groups is 1. The van der Waals surface area contributed by atoms with Crippen molar-refractivity contribution in [1.82, 2.24) is 24.6 Å². The molecule has 0 atom stereocenters. The quantitative estimate of drug-likeness (QED) is 0.722. The number of rotatable bonds is 5. The highest BCUT2D eigenvalue weighted by molar-refractivity contribution is 5.95. The van der Waals surface area contributed by atoms with E-state index in [1.54, 1.807) is 22.8 Å². The van der Waals surface area contributed by atoms with Crippen LogP contribution in [0, 0.1) is 0 Å². The summed E-state index contributed by atoms with van der Waals surface area (Å²) in [5.41, 5.74) is 2.49. The number of hydrogen-bond acceptors (Lipinski definition) is 4. The first-order valence-electron chi connectivity index (χ1n) is 7.75. The monoisotopic (exact) mass is 321 g/mol. The third kappa shape index (κ3) is 3.48. The first-order chi connectivity index (χ1) is 11.6. The number of carbonyl (C=O) groups excluding carboxylic acids is 1. The van der Waals surface area contributed by atoms with E-state index in [2.05, 4.69) is 15.1 Å². The Balaban J connectivity index is 1.71. The van der Waals surface area contributed by atoms with Gasteiger partial charge in [0.2, 0.25) is 0 Å². The van der Waals surface area contributed by atoms with Crippen molar-refractivity contribution in [1.29, 1.82) is 0 Å². The Kier molecular flexibility index (Phi) is 4.65. The molecule has 1 amide bonds. The summed E-state index contributed by atoms with van der Waals surface area (Å²) in [6, 6.07) is 13.3. The third-order valence-corrected chi connectivity index (χ3v) is 3.86. The largest absolute Gasteiger partial charge is 0.341 e. The molecule has 2 heterocycles. The van der Waals surface area contributed by atoms with Crippen LogP contribution >= 0.6 is 0 Å². The zero-order valence-corrected chi connectivity index (χ0v) is 13.8. The minimum Gasteiger partial charge on any atom is -0.341 e. The molecule has 3 aromatic rings. The molecule has 0 aliphatic carbocycles. The highest BCUT2D eigenvalue weighted by atomic mass is 16.2. The van der Waals surface area contributed by atoms with Crippen molar-refractivity contribution in [3.05, 3.63) is 66.2 Å². The molecule has 24 heavy (non-hydrogen) atoms. The van der Waals surface area contributed by atoms with Crippen molar-refractivity contribution in [2.24, 2.45) is 7.05 Å². The summed E-state index contributed by atoms with van der Waals surface area (Å²) < 4.78 is 1.69. The molecule has 0 unspecified atom stereocenters. The second-order valence-corrected chi connectivity index (χ2v) is 5.59. The predicted octanol–water partition coefficient (Wildman–Crippen LogP) is 2.19. The van der Waals surface area contributed by atoms with Crippen molar-refractivity contribution in [3.8, 4) is 11.4 Å². The zero-order valence-electron chi connectivity index (χ0n) is 13.8. The summed E-state index contributed by atoms with van der Waals surface area (Å²) in [6.45, 7) is 0.615. The number of likely N-dealkylation sites (N-methyl/N-ethyl adjacent to an activating group) is 1. The van der Waals surface area contributed by atoms with E-state index in [4.69, 9.17) is 0 Å². The van der Waals surface area contributed by atoms with E-state index in [1.165, 1.54) is 6.33 Å². The number of benzene rings is 1. The molecule has 0 saturated heterocycles. The Morgan fingerprint density at radius 2 is 2.04 bits per heavy atom. The normalized spacial score (nSPS) is 10.6. The number of aryl methyl sites for hydroxylation is 1. The van der Waals surface area contributed by atoms with Gasteiger partial charge in [0.05, 0.1) is 0 Å². The van der Waals surface area contributed by atoms with E-state index in [0.717, 1.165) is 23.5 Å². The van der Waals surface area contributed by atoms with E-state index in [-0.39, 0.29) is 5.91 Å². The molecular weight excluding hydrogens is 302 g/mol. The van der Waals surface area contributed by atoms with E-state index < -0.39 is 0 Å². The second kappa shape index (κ2) is 7.04. The van der Waals surface area contributed by atoms with E-state index >= 15 is 0 Å². The van der Waals surface area contributed by atoms with Gasteiger partial charge in [0, 0.05) is 50.1 Å². The number of nitrogens with zero attached hydrogens (tertiary/aromatic N) is 5. The Morgan fingerprint density at radius 1 is 1.17 bits per heavy atom. The molecule has 1 aromatic carbocycles. The van der Waals surface area contributed by atoms with Gasteiger partial charge in [-0.3, -0.25) is 9.78 Å². The van der Waals surface area contributed by atoms with Gasteiger partial charge in [-0.05, 0) is 24.3 Å². The number of aromatic nitrogens is 4. The summed E-state index contributed by atoms with van der Waals surface area (Å²) in [4.78, 5) is 22.9. The van der Waals surface area contributed by atoms with Crippen LogP contribution < -0.4 is 0 Å². The van der Waals surface area contributed by atoms with Gasteiger partial charge in [0.15, 0.2) is 5.82 Å². The molecule has 6 heteroatoms. The van der Waals surface area contributed by atoms with Crippen molar-refractivity contribution in [2.45, 2.75) is 6.42 Å². The minimum atomic E-state index is -0.0186. The summed E-state index contributed by atoms with van der Waals surface area (Å²) in [6.07, 6.45) is 4.00. The molecule has 0 spiro atoms. The molecule has 3 rings (SSSR count). The van der Waals surface area contributed by atoms with Gasteiger partial charge in [0.25, 0.3) is 5.91 Å². The third-order valence-electron chi connectivity index (χ3n) is 3.86. The first kappa shape index (κ1) is 15.9. The lowest BCUT2D eigenvalue weighted by Gasteiger charge is -2.17. The van der Waals surface area contributed by atoms with Gasteiger partial charge >= 0.3 is 0 Å². The first-order valence-corrected chi connectivity index (χ1v) is 7.75. The van der Waals surface area contributed by atoms with Gasteiger partial charge < -0.3 is 4.90 Å². The molecule has 122 valence electrons. The summed E-state index contributed by atoms with van der Waals surface area (Å²) in [5.74, 6) is 0.718. The lowest BCUT2D eigenvalue weighted by Crippen LogP contribution is -2.29. The van der Waals surface area contributed by atoms with Crippen LogP contribution in [0.1, 0.15) is 16.1 Å². The molecular formula is C18H19N5O. The number of amides is 1. The van der Waals surface area contributed by atoms with Crippen LogP contribution in [0.3, 0.4) is 0 Å². The van der Waals surface area contributed by atoms with Gasteiger partial charge in [-0.1, -0.05) is 18.2 Å². The average Bonchev–Trinajstić information content (AvgIpc) is 3.06. The molecule has 6 nitrogen and oxygen atoms in total. The lowest BCUT2D eigenvalue weighted by atomic mass is 10.1. The fourth-order valence-electron chi connectivity index (χ4n) is 2.50. The fraction of sp³-hybridized carbons (Fsp3) is 0.222. The average molecular weight is 321 g/mol. The number of hydrogen-bond donors (Lipinski definition) is 0. The lowest BCUT2D eigenvalue weighted by molar-refractivity contribution is 0.0796. The van der Waals surface area contributed by atoms with Crippen LogP contribution in [0.15, 0.2) is 55.0 Å². The van der Waals surface area contributed by atoms with Crippen molar-refractivity contribution in [2.75, 3.05) is 13.6 Å². The van der Waals surface area contributed by atoms with Crippen LogP contribution in [-0.4, -0.2) is 44.1 Å². The Bertz CT molecular complexity index is 828. The molecule has 0 aliphatic heterocycles. The maximum absolute atomic E-state index is 12.6. The summed E-state index contributed by atoms with van der Waals surface area (Å²) >= 11 is 0. The Hall–Kier alpha value is -3.02. The van der Waals surface area contributed by atoms with E-state index in [0.29, 0.717) is 12.1 Å². The highest BCUT2D eigenvalue weighted by Crippen LogP contribution is 2.18. The van der Waals surface area contributed by atoms with Crippen LogP contribution in [0.5, 0.6) is 0 Å². The summed E-state index contributed by atoms with van der Waals surface area (Å²) in [5, 5.41) is 4.07. The molecule has 2 aromatic heterocycles. The standard InChI is InChI=1S/C18H19N5O/c1-22(11-9-16-8-3-4-10-19-16)18(24)15-7-5-6-14(12-15)17-20-13-21-23(17)2/h3-8,10,12-13H,9,11H2,1-2H3. The zero-order chi connectivity index (χ0) is 16.9. The van der Waals surface area contributed by atoms with Crippen LogP contribution in [0.4, 0.5) is 0 Å². The second-order valence-electron chi connectivity index (χ2n) is 5.59. The minimum absolute atomic E-state index is 0.0186. The van der Waals surface area contributed by atoms with Crippen LogP contribution in [-0.2, 0) is 13.5 Å². The molecule has 0 radical (unpaired) electrons. The molecule has 0 saturated carbocycles. The van der Waals surface area contributed by atoms with E-state index in [9.17, 15) is 4.79 Å². The van der Waals surface area contributed by atoms with E-state index in [1.807, 2.05) is 49.5 Å². The molecule has 0 bridgehead atoms. The van der Waals surface area contributed by atoms with Gasteiger partial charge in [0.1, 0.15) is 6.33 Å². The molecule has 0 fully saturated rings. The predicted molar refractivity (Wildman–Crippen MR) is 91.3 cm³/mol. The van der Waals surface area contributed by atoms with Gasteiger partial charge in [-0.2, -0.15) is 5.10 Å². The van der Waals surface area contributed by atoms with Gasteiger partial charge in [-0.15, -0.1) is 0 Å². The van der Waals surface area contributed by atoms with Crippen molar-refractivity contribution < 1.29 is 4.79 Å². The van der Waals surface area contributed by atoms with Crippen LogP contribution in [0.25, 0.3) is 11.4 Å². The maximum atomic E-state index is 12.6. The van der Waals surface area contributed by atoms with Crippen LogP contribution in [0.2, 0.25) is 0 Å². The Labute approximate surface area is 140 Å². The van der Waals surface area contributed by atoms with Gasteiger partial charge in [-0.25, -0.2) is 9.67 Å². The Morgan fingerprint density at radius 3 is 2.75 bits per heavy atom. The number of pyridine rings is 1. The van der Waals surface area contributed by atoms with Crippen molar-refractivity contribution in [3.63, 3.8) is 0 Å². The topological polar surface area (TPSA) is 63.9 Å². The maximum Gasteiger partial charge on any atom is 0.253 e. The smallest absolute Gasteiger partial charge is 0.253 e. The SMILES string of the molecule is CN(CCc1ccccn1)C(=O)c1cccc(-c2ncnn2C)c1. The highest BCUT2D eigenvalue weighted by Gasteiger charge is 2.14.